The Labute approximate surface area is 157 Å². The molecule has 0 saturated heterocycles. The highest BCUT2D eigenvalue weighted by Crippen LogP contribution is 2.40. The lowest BCUT2D eigenvalue weighted by atomic mass is 9.91. The van der Waals surface area contributed by atoms with Gasteiger partial charge in [0.25, 0.3) is 0 Å². The summed E-state index contributed by atoms with van der Waals surface area (Å²) in [6.07, 6.45) is 8.43. The number of benzene rings is 2. The number of halogens is 1. The van der Waals surface area contributed by atoms with Crippen LogP contribution >= 0.6 is 12.2 Å². The van der Waals surface area contributed by atoms with Crippen LogP contribution in [0.2, 0.25) is 0 Å². The minimum absolute atomic E-state index is 0.0855. The monoisotopic (exact) mass is 363 g/mol. The predicted molar refractivity (Wildman–Crippen MR) is 104 cm³/mol. The van der Waals surface area contributed by atoms with E-state index in [1.165, 1.54) is 28.4 Å². The zero-order valence-corrected chi connectivity index (χ0v) is 15.0. The number of thiocarbonyl (C=S) groups is 1. The molecule has 0 fully saturated rings. The number of hydrogen-bond acceptors (Lipinski definition) is 2. The van der Waals surface area contributed by atoms with Crippen LogP contribution in [-0.2, 0) is 12.8 Å². The SMILES string of the molecule is Fc1cccc(C(c2cc3c4c(c2)CCN4C(=S)CC3)n2ccnc2)c1. The first-order valence-corrected chi connectivity index (χ1v) is 9.30. The fourth-order valence-corrected chi connectivity index (χ4v) is 4.56. The Morgan fingerprint density at radius 2 is 1.88 bits per heavy atom. The quantitative estimate of drug-likeness (QED) is 0.648. The first kappa shape index (κ1) is 15.7. The number of aromatic nitrogens is 2. The molecule has 5 rings (SSSR count). The zero-order valence-electron chi connectivity index (χ0n) is 14.2. The molecule has 3 nitrogen and oxygen atoms in total. The van der Waals surface area contributed by atoms with Gasteiger partial charge < -0.3 is 9.47 Å². The average Bonchev–Trinajstić information content (AvgIpc) is 3.30. The van der Waals surface area contributed by atoms with Crippen molar-refractivity contribution in [1.29, 1.82) is 0 Å². The molecule has 0 bridgehead atoms. The van der Waals surface area contributed by atoms with Crippen molar-refractivity contribution in [2.75, 3.05) is 11.4 Å². The van der Waals surface area contributed by atoms with E-state index in [9.17, 15) is 4.39 Å². The highest BCUT2D eigenvalue weighted by molar-refractivity contribution is 7.80. The van der Waals surface area contributed by atoms with Crippen molar-refractivity contribution in [3.63, 3.8) is 0 Å². The van der Waals surface area contributed by atoms with E-state index in [2.05, 4.69) is 22.0 Å². The van der Waals surface area contributed by atoms with Crippen LogP contribution in [0.4, 0.5) is 10.1 Å². The number of anilines is 1. The number of rotatable bonds is 3. The maximum atomic E-state index is 13.9. The average molecular weight is 363 g/mol. The summed E-state index contributed by atoms with van der Waals surface area (Å²) in [6, 6.07) is 11.3. The maximum absolute atomic E-state index is 13.9. The van der Waals surface area contributed by atoms with Crippen molar-refractivity contribution in [3.8, 4) is 0 Å². The van der Waals surface area contributed by atoms with Gasteiger partial charge in [-0.2, -0.15) is 0 Å². The molecule has 26 heavy (non-hydrogen) atoms. The third-order valence-corrected chi connectivity index (χ3v) is 5.80. The standard InChI is InChI=1S/C21H18FN3S/c22-18-3-1-2-14(12-18)20(24-9-7-23-13-24)17-10-15-4-5-19(26)25-8-6-16(11-17)21(15)25/h1-3,7,9-13,20H,4-6,8H2. The third kappa shape index (κ3) is 2.46. The third-order valence-electron chi connectivity index (χ3n) is 5.38. The summed E-state index contributed by atoms with van der Waals surface area (Å²) in [7, 11) is 0. The van der Waals surface area contributed by atoms with Gasteiger partial charge in [-0.1, -0.05) is 36.5 Å². The molecule has 1 aromatic heterocycles. The molecule has 0 amide bonds. The molecule has 130 valence electrons. The van der Waals surface area contributed by atoms with E-state index in [1.54, 1.807) is 24.7 Å². The predicted octanol–water partition coefficient (Wildman–Crippen LogP) is 4.30. The molecule has 2 aliphatic heterocycles. The van der Waals surface area contributed by atoms with Crippen molar-refractivity contribution in [1.82, 2.24) is 9.55 Å². The molecule has 5 heteroatoms. The summed E-state index contributed by atoms with van der Waals surface area (Å²) in [5.41, 5.74) is 6.12. The normalized spacial score (nSPS) is 16.7. The van der Waals surface area contributed by atoms with Gasteiger partial charge in [0, 0.05) is 31.0 Å². The van der Waals surface area contributed by atoms with Gasteiger partial charge in [-0.3, -0.25) is 0 Å². The van der Waals surface area contributed by atoms with Gasteiger partial charge in [0.2, 0.25) is 0 Å². The summed E-state index contributed by atoms with van der Waals surface area (Å²) < 4.78 is 16.0. The van der Waals surface area contributed by atoms with E-state index in [0.717, 1.165) is 36.4 Å². The van der Waals surface area contributed by atoms with Gasteiger partial charge in [0.1, 0.15) is 5.82 Å². The molecule has 2 aliphatic rings. The summed E-state index contributed by atoms with van der Waals surface area (Å²) in [4.78, 5) is 7.56. The molecule has 0 radical (unpaired) electrons. The van der Waals surface area contributed by atoms with Gasteiger partial charge in [0.15, 0.2) is 0 Å². The summed E-state index contributed by atoms with van der Waals surface area (Å²) in [5, 5.41) is 0. The molecule has 3 heterocycles. The number of nitrogens with zero attached hydrogens (tertiary/aromatic N) is 3. The molecule has 2 aromatic carbocycles. The van der Waals surface area contributed by atoms with E-state index in [4.69, 9.17) is 12.2 Å². The molecule has 1 unspecified atom stereocenters. The van der Waals surface area contributed by atoms with Gasteiger partial charge in [-0.15, -0.1) is 0 Å². The number of imidazole rings is 1. The Morgan fingerprint density at radius 1 is 1.04 bits per heavy atom. The molecule has 0 aliphatic carbocycles. The summed E-state index contributed by atoms with van der Waals surface area (Å²) in [6.45, 7) is 0.973. The Morgan fingerprint density at radius 3 is 2.65 bits per heavy atom. The van der Waals surface area contributed by atoms with Gasteiger partial charge >= 0.3 is 0 Å². The fraction of sp³-hybridized carbons (Fsp3) is 0.238. The van der Waals surface area contributed by atoms with Gasteiger partial charge in [0.05, 0.1) is 17.4 Å². The van der Waals surface area contributed by atoms with Crippen LogP contribution in [0.15, 0.2) is 55.1 Å². The lowest BCUT2D eigenvalue weighted by Gasteiger charge is -2.29. The Kier molecular flexibility index (Phi) is 3.64. The van der Waals surface area contributed by atoms with Crippen LogP contribution in [0, 0.1) is 5.82 Å². The van der Waals surface area contributed by atoms with E-state index in [-0.39, 0.29) is 11.9 Å². The van der Waals surface area contributed by atoms with E-state index in [0.29, 0.717) is 0 Å². The number of hydrogen-bond donors (Lipinski definition) is 0. The summed E-state index contributed by atoms with van der Waals surface area (Å²) >= 11 is 5.55. The van der Waals surface area contributed by atoms with Crippen molar-refractivity contribution in [2.45, 2.75) is 25.3 Å². The first-order valence-electron chi connectivity index (χ1n) is 8.89. The molecule has 0 saturated carbocycles. The Bertz CT molecular complexity index is 996. The first-order chi connectivity index (χ1) is 12.7. The van der Waals surface area contributed by atoms with Crippen LogP contribution in [0.5, 0.6) is 0 Å². The van der Waals surface area contributed by atoms with Crippen LogP contribution in [-0.4, -0.2) is 21.1 Å². The smallest absolute Gasteiger partial charge is 0.123 e. The van der Waals surface area contributed by atoms with Crippen LogP contribution < -0.4 is 4.90 Å². The molecule has 0 N–H and O–H groups in total. The Balaban J connectivity index is 1.68. The fourth-order valence-electron chi connectivity index (χ4n) is 4.28. The Hall–Kier alpha value is -2.53. The van der Waals surface area contributed by atoms with Crippen molar-refractivity contribution in [3.05, 3.63) is 83.2 Å². The lowest BCUT2D eigenvalue weighted by molar-refractivity contribution is 0.614. The topological polar surface area (TPSA) is 21.1 Å². The highest BCUT2D eigenvalue weighted by atomic mass is 32.1. The van der Waals surface area contributed by atoms with E-state index in [1.807, 2.05) is 16.8 Å². The second-order valence-corrected chi connectivity index (χ2v) is 7.42. The van der Waals surface area contributed by atoms with Crippen LogP contribution in [0.1, 0.15) is 34.7 Å². The largest absolute Gasteiger partial charge is 0.335 e. The molecular formula is C21H18FN3S. The maximum Gasteiger partial charge on any atom is 0.123 e. The van der Waals surface area contributed by atoms with Crippen molar-refractivity contribution < 1.29 is 4.39 Å². The van der Waals surface area contributed by atoms with E-state index < -0.39 is 0 Å². The van der Waals surface area contributed by atoms with Crippen molar-refractivity contribution >= 4 is 22.9 Å². The molecule has 3 aromatic rings. The lowest BCUT2D eigenvalue weighted by Crippen LogP contribution is -2.31. The zero-order chi connectivity index (χ0) is 17.7. The van der Waals surface area contributed by atoms with Crippen LogP contribution in [0.25, 0.3) is 0 Å². The minimum Gasteiger partial charge on any atom is -0.335 e. The highest BCUT2D eigenvalue weighted by Gasteiger charge is 2.30. The summed E-state index contributed by atoms with van der Waals surface area (Å²) in [5.74, 6) is -0.216. The van der Waals surface area contributed by atoms with Crippen LogP contribution in [0.3, 0.4) is 0 Å². The van der Waals surface area contributed by atoms with Gasteiger partial charge in [-0.25, -0.2) is 9.37 Å². The second-order valence-electron chi connectivity index (χ2n) is 6.95. The van der Waals surface area contributed by atoms with Crippen molar-refractivity contribution in [2.24, 2.45) is 0 Å². The van der Waals surface area contributed by atoms with E-state index >= 15 is 0 Å². The van der Waals surface area contributed by atoms with Gasteiger partial charge in [-0.05, 0) is 47.2 Å². The molecule has 1 atom stereocenters. The minimum atomic E-state index is -0.216. The molecule has 0 spiro atoms. The second kappa shape index (κ2) is 6.02. The number of aryl methyl sites for hydroxylation is 1. The molecular weight excluding hydrogens is 345 g/mol.